The van der Waals surface area contributed by atoms with Gasteiger partial charge < -0.3 is 10.4 Å². The first-order valence-corrected chi connectivity index (χ1v) is 6.36. The fourth-order valence-corrected chi connectivity index (χ4v) is 2.11. The Hall–Kier alpha value is -1.98. The molecule has 0 aliphatic heterocycles. The summed E-state index contributed by atoms with van der Waals surface area (Å²) in [7, 11) is 0. The first-order valence-electron chi connectivity index (χ1n) is 6.36. The summed E-state index contributed by atoms with van der Waals surface area (Å²) >= 11 is 0. The normalized spacial score (nSPS) is 22.1. The van der Waals surface area contributed by atoms with Crippen LogP contribution in [0.3, 0.4) is 0 Å². The predicted octanol–water partition coefficient (Wildman–Crippen LogP) is 1.91. The summed E-state index contributed by atoms with van der Waals surface area (Å²) in [6.07, 6.45) is 0.452. The average molecular weight is 283 g/mol. The minimum Gasteiger partial charge on any atom is -0.481 e. The van der Waals surface area contributed by atoms with Crippen molar-refractivity contribution in [1.29, 1.82) is 0 Å². The van der Waals surface area contributed by atoms with Gasteiger partial charge >= 0.3 is 5.97 Å². The topological polar surface area (TPSA) is 66.4 Å². The molecule has 108 valence electrons. The third kappa shape index (κ3) is 2.95. The summed E-state index contributed by atoms with van der Waals surface area (Å²) in [5.74, 6) is -4.56. The van der Waals surface area contributed by atoms with Gasteiger partial charge in [-0.3, -0.25) is 9.59 Å². The van der Waals surface area contributed by atoms with Crippen LogP contribution >= 0.6 is 0 Å². The molecule has 2 N–H and O–H groups in total. The van der Waals surface area contributed by atoms with E-state index in [-0.39, 0.29) is 23.9 Å². The van der Waals surface area contributed by atoms with E-state index < -0.39 is 29.4 Å². The molecule has 1 fully saturated rings. The van der Waals surface area contributed by atoms with Crippen molar-refractivity contribution >= 4 is 11.9 Å². The number of carbonyl (C=O) groups is 2. The van der Waals surface area contributed by atoms with E-state index in [0.717, 1.165) is 6.07 Å². The number of aliphatic carboxylic acids is 1. The van der Waals surface area contributed by atoms with Crippen molar-refractivity contribution in [1.82, 2.24) is 5.32 Å². The van der Waals surface area contributed by atoms with Gasteiger partial charge in [0, 0.05) is 12.5 Å². The Morgan fingerprint density at radius 3 is 2.80 bits per heavy atom. The zero-order chi connectivity index (χ0) is 14.9. The minimum atomic E-state index is -0.992. The van der Waals surface area contributed by atoms with E-state index in [9.17, 15) is 18.4 Å². The van der Waals surface area contributed by atoms with Crippen LogP contribution in [0.25, 0.3) is 0 Å². The molecule has 3 unspecified atom stereocenters. The van der Waals surface area contributed by atoms with Crippen molar-refractivity contribution in [2.24, 2.45) is 11.8 Å². The molecule has 1 aliphatic rings. The van der Waals surface area contributed by atoms with Gasteiger partial charge in [0.1, 0.15) is 0 Å². The molecule has 1 saturated carbocycles. The highest BCUT2D eigenvalue weighted by Gasteiger charge is 2.45. The van der Waals surface area contributed by atoms with Crippen molar-refractivity contribution < 1.29 is 23.5 Å². The summed E-state index contributed by atoms with van der Waals surface area (Å²) in [6.45, 7) is 1.52. The monoisotopic (exact) mass is 283 g/mol. The smallest absolute Gasteiger partial charge is 0.308 e. The second-order valence-corrected chi connectivity index (χ2v) is 5.08. The molecule has 3 atom stereocenters. The summed E-state index contributed by atoms with van der Waals surface area (Å²) in [5.41, 5.74) is 0.205. The average Bonchev–Trinajstić information content (AvgIpc) is 3.18. The van der Waals surface area contributed by atoms with Crippen molar-refractivity contribution in [3.63, 3.8) is 0 Å². The van der Waals surface area contributed by atoms with E-state index in [1.165, 1.54) is 19.1 Å². The van der Waals surface area contributed by atoms with E-state index in [2.05, 4.69) is 5.32 Å². The van der Waals surface area contributed by atoms with Gasteiger partial charge in [0.25, 0.3) is 0 Å². The van der Waals surface area contributed by atoms with Crippen molar-refractivity contribution in [2.45, 2.75) is 19.3 Å². The molecule has 0 bridgehead atoms. The second-order valence-electron chi connectivity index (χ2n) is 5.08. The van der Waals surface area contributed by atoms with Gasteiger partial charge in [-0.1, -0.05) is 19.1 Å². The Balaban J connectivity index is 1.93. The number of benzene rings is 1. The van der Waals surface area contributed by atoms with Crippen LogP contribution in [0, 0.1) is 23.5 Å². The molecule has 6 heteroatoms. The van der Waals surface area contributed by atoms with Crippen LogP contribution in [0.15, 0.2) is 18.2 Å². The van der Waals surface area contributed by atoms with Crippen molar-refractivity contribution in [3.8, 4) is 0 Å². The van der Waals surface area contributed by atoms with Gasteiger partial charge in [0.05, 0.1) is 5.92 Å². The van der Waals surface area contributed by atoms with Gasteiger partial charge in [-0.2, -0.15) is 0 Å². The van der Waals surface area contributed by atoms with Crippen LogP contribution in [0.2, 0.25) is 0 Å². The molecule has 1 aromatic rings. The van der Waals surface area contributed by atoms with E-state index in [1.807, 2.05) is 0 Å². The zero-order valence-corrected chi connectivity index (χ0v) is 10.9. The minimum absolute atomic E-state index is 0.0308. The Kier molecular flexibility index (Phi) is 4.01. The molecule has 1 amide bonds. The lowest BCUT2D eigenvalue weighted by atomic mass is 10.1. The third-order valence-corrected chi connectivity index (χ3v) is 3.51. The quantitative estimate of drug-likeness (QED) is 0.867. The fraction of sp³-hybridized carbons (Fsp3) is 0.429. The lowest BCUT2D eigenvalue weighted by molar-refractivity contribution is -0.141. The maximum atomic E-state index is 13.6. The third-order valence-electron chi connectivity index (χ3n) is 3.51. The maximum absolute atomic E-state index is 13.6. The number of carbonyl (C=O) groups excluding carboxylic acids is 1. The molecule has 2 rings (SSSR count). The molecule has 4 nitrogen and oxygen atoms in total. The summed E-state index contributed by atoms with van der Waals surface area (Å²) < 4.78 is 26.7. The molecule has 1 aliphatic carbocycles. The zero-order valence-electron chi connectivity index (χ0n) is 10.9. The molecule has 0 saturated heterocycles. The van der Waals surface area contributed by atoms with E-state index >= 15 is 0 Å². The Morgan fingerprint density at radius 2 is 2.15 bits per heavy atom. The molecule has 0 heterocycles. The molecule has 0 spiro atoms. The lowest BCUT2D eigenvalue weighted by Gasteiger charge is -2.08. The number of halogens is 2. The fourth-order valence-electron chi connectivity index (χ4n) is 2.11. The van der Waals surface area contributed by atoms with Crippen molar-refractivity contribution in [2.75, 3.05) is 6.54 Å². The molecule has 20 heavy (non-hydrogen) atoms. The Morgan fingerprint density at radius 1 is 1.45 bits per heavy atom. The van der Waals surface area contributed by atoms with E-state index in [0.29, 0.717) is 6.42 Å². The SMILES string of the molecule is CC(CNC(=O)C1CC1c1cccc(F)c1F)C(=O)O. The van der Waals surface area contributed by atoms with E-state index in [1.54, 1.807) is 0 Å². The van der Waals surface area contributed by atoms with Crippen molar-refractivity contribution in [3.05, 3.63) is 35.4 Å². The lowest BCUT2D eigenvalue weighted by Crippen LogP contribution is -2.32. The molecule has 0 radical (unpaired) electrons. The number of carboxylic acid groups (broad SMARTS) is 1. The largest absolute Gasteiger partial charge is 0.481 e. The van der Waals surface area contributed by atoms with Gasteiger partial charge in [0.15, 0.2) is 11.6 Å². The second kappa shape index (κ2) is 5.56. The highest BCUT2D eigenvalue weighted by Crippen LogP contribution is 2.48. The molecule has 0 aromatic heterocycles. The van der Waals surface area contributed by atoms with Gasteiger partial charge in [-0.25, -0.2) is 8.78 Å². The number of nitrogens with one attached hydrogen (secondary N) is 1. The number of hydrogen-bond donors (Lipinski definition) is 2. The van der Waals surface area contributed by atoms with Crippen LogP contribution in [0.1, 0.15) is 24.8 Å². The predicted molar refractivity (Wildman–Crippen MR) is 67.0 cm³/mol. The number of rotatable bonds is 5. The van der Waals surface area contributed by atoms with Gasteiger partial charge in [0.2, 0.25) is 5.91 Å². The van der Waals surface area contributed by atoms with Crippen LogP contribution in [0.4, 0.5) is 8.78 Å². The van der Waals surface area contributed by atoms with Gasteiger partial charge in [-0.15, -0.1) is 0 Å². The van der Waals surface area contributed by atoms with Crippen LogP contribution in [-0.2, 0) is 9.59 Å². The first kappa shape index (κ1) is 14.4. The van der Waals surface area contributed by atoms with E-state index in [4.69, 9.17) is 5.11 Å². The van der Waals surface area contributed by atoms with Crippen LogP contribution < -0.4 is 5.32 Å². The standard InChI is InChI=1S/C14H15F2NO3/c1-7(14(19)20)6-17-13(18)10-5-9(10)8-3-2-4-11(15)12(8)16/h2-4,7,9-10H,5-6H2,1H3,(H,17,18)(H,19,20). The highest BCUT2D eigenvalue weighted by molar-refractivity contribution is 5.83. The summed E-state index contributed by atoms with van der Waals surface area (Å²) in [5, 5.41) is 11.2. The number of hydrogen-bond acceptors (Lipinski definition) is 2. The summed E-state index contributed by atoms with van der Waals surface area (Å²) in [6, 6.07) is 3.91. The van der Waals surface area contributed by atoms with Crippen LogP contribution in [0.5, 0.6) is 0 Å². The Labute approximate surface area is 114 Å². The number of carboxylic acids is 1. The first-order chi connectivity index (χ1) is 9.41. The Bertz CT molecular complexity index is 547. The highest BCUT2D eigenvalue weighted by atomic mass is 19.2. The molecular formula is C14H15F2NO3. The molecule has 1 aromatic carbocycles. The molecular weight excluding hydrogens is 268 g/mol. The number of amides is 1. The van der Waals surface area contributed by atoms with Crippen LogP contribution in [-0.4, -0.2) is 23.5 Å². The summed E-state index contributed by atoms with van der Waals surface area (Å²) in [4.78, 5) is 22.4. The van der Waals surface area contributed by atoms with Gasteiger partial charge in [-0.05, 0) is 24.0 Å². The maximum Gasteiger partial charge on any atom is 0.308 e.